The number of hydrogen-bond acceptors (Lipinski definition) is 4. The van der Waals surface area contributed by atoms with Crippen molar-refractivity contribution in [3.05, 3.63) is 46.2 Å². The van der Waals surface area contributed by atoms with Gasteiger partial charge in [0.05, 0.1) is 11.4 Å². The maximum absolute atomic E-state index is 12.8. The molecule has 3 rings (SSSR count). The Bertz CT molecular complexity index is 863. The van der Waals surface area contributed by atoms with Crippen LogP contribution >= 0.6 is 11.6 Å². The number of aromatic amines is 1. The minimum absolute atomic E-state index is 0.0457. The van der Waals surface area contributed by atoms with Gasteiger partial charge in [-0.3, -0.25) is 9.89 Å². The van der Waals surface area contributed by atoms with Crippen LogP contribution in [-0.4, -0.2) is 41.8 Å². The van der Waals surface area contributed by atoms with E-state index in [-0.39, 0.29) is 16.6 Å². The van der Waals surface area contributed by atoms with Gasteiger partial charge in [-0.1, -0.05) is 11.6 Å². The number of carbonyl (C=O) groups excluding carboxylic acids is 1. The topological polar surface area (TPSA) is 83.1 Å². The van der Waals surface area contributed by atoms with E-state index in [2.05, 4.69) is 10.2 Å². The number of aromatic nitrogens is 2. The van der Waals surface area contributed by atoms with Gasteiger partial charge in [0.25, 0.3) is 0 Å². The zero-order valence-corrected chi connectivity index (χ0v) is 15.7. The van der Waals surface area contributed by atoms with Crippen molar-refractivity contribution >= 4 is 27.4 Å². The molecule has 25 heavy (non-hydrogen) atoms. The first-order chi connectivity index (χ1) is 11.8. The summed E-state index contributed by atoms with van der Waals surface area (Å²) in [7, 11) is -3.59. The maximum atomic E-state index is 12.8. The number of aryl methyl sites for hydroxylation is 2. The van der Waals surface area contributed by atoms with Gasteiger partial charge in [0.2, 0.25) is 10.0 Å². The second kappa shape index (κ2) is 6.90. The van der Waals surface area contributed by atoms with E-state index >= 15 is 0 Å². The number of piperidine rings is 1. The highest BCUT2D eigenvalue weighted by Gasteiger charge is 2.34. The normalized spacial score (nSPS) is 16.9. The molecule has 1 N–H and O–H groups in total. The average Bonchev–Trinajstić information content (AvgIpc) is 2.94. The third kappa shape index (κ3) is 3.49. The van der Waals surface area contributed by atoms with Crippen LogP contribution in [0.1, 0.15) is 34.6 Å². The monoisotopic (exact) mass is 381 g/mol. The lowest BCUT2D eigenvalue weighted by Gasteiger charge is -2.30. The van der Waals surface area contributed by atoms with Crippen LogP contribution in [0.15, 0.2) is 29.2 Å². The molecule has 1 aliphatic heterocycles. The molecule has 1 fully saturated rings. The number of sulfonamides is 1. The molecule has 8 heteroatoms. The molecule has 0 amide bonds. The number of ketones is 1. The van der Waals surface area contributed by atoms with Crippen molar-refractivity contribution in [1.29, 1.82) is 0 Å². The van der Waals surface area contributed by atoms with Gasteiger partial charge in [-0.25, -0.2) is 8.42 Å². The number of rotatable bonds is 4. The molecule has 1 aromatic heterocycles. The summed E-state index contributed by atoms with van der Waals surface area (Å²) in [4.78, 5) is 12.8. The molecule has 0 spiro atoms. The lowest BCUT2D eigenvalue weighted by Crippen LogP contribution is -2.40. The molecule has 2 heterocycles. The third-order valence-corrected chi connectivity index (χ3v) is 7.03. The van der Waals surface area contributed by atoms with E-state index in [0.717, 1.165) is 0 Å². The molecule has 0 radical (unpaired) electrons. The summed E-state index contributed by atoms with van der Waals surface area (Å²) in [6.07, 6.45) is 1.02. The Morgan fingerprint density at radius 2 is 1.80 bits per heavy atom. The number of Topliss-reactive ketones (excluding diaryl/α,β-unsaturated/α-hetero) is 1. The molecule has 0 unspecified atom stereocenters. The predicted octanol–water partition coefficient (Wildman–Crippen LogP) is 2.96. The highest BCUT2D eigenvalue weighted by Crippen LogP contribution is 2.28. The smallest absolute Gasteiger partial charge is 0.246 e. The lowest BCUT2D eigenvalue weighted by molar-refractivity contribution is 0.0875. The van der Waals surface area contributed by atoms with E-state index in [9.17, 15) is 13.2 Å². The zero-order chi connectivity index (χ0) is 18.2. The molecule has 1 aromatic carbocycles. The van der Waals surface area contributed by atoms with E-state index in [1.165, 1.54) is 4.31 Å². The van der Waals surface area contributed by atoms with Gasteiger partial charge in [0.15, 0.2) is 5.78 Å². The average molecular weight is 382 g/mol. The van der Waals surface area contributed by atoms with Crippen molar-refractivity contribution in [1.82, 2.24) is 14.5 Å². The van der Waals surface area contributed by atoms with Crippen molar-refractivity contribution < 1.29 is 13.2 Å². The van der Waals surface area contributed by atoms with E-state index in [0.29, 0.717) is 47.9 Å². The van der Waals surface area contributed by atoms with Gasteiger partial charge in [0, 0.05) is 29.6 Å². The first-order valence-corrected chi connectivity index (χ1v) is 9.94. The summed E-state index contributed by atoms with van der Waals surface area (Å²) < 4.78 is 27.1. The number of halogens is 1. The number of hydrogen-bond donors (Lipinski definition) is 1. The minimum atomic E-state index is -3.59. The standard InChI is InChI=1S/C17H20ClN3O3S/c1-11-17(12(2)20-19-11)25(23,24)21-9-7-14(8-10-21)16(22)13-3-5-15(18)6-4-13/h3-6,14H,7-10H2,1-2H3,(H,19,20). The van der Waals surface area contributed by atoms with Crippen LogP contribution in [0.3, 0.4) is 0 Å². The Labute approximate surface area is 152 Å². The fourth-order valence-electron chi connectivity index (χ4n) is 3.26. The number of H-pyrrole nitrogens is 1. The van der Waals surface area contributed by atoms with Crippen LogP contribution in [0.25, 0.3) is 0 Å². The van der Waals surface area contributed by atoms with E-state index < -0.39 is 10.0 Å². The number of benzene rings is 1. The number of nitrogens with zero attached hydrogens (tertiary/aromatic N) is 2. The van der Waals surface area contributed by atoms with Crippen LogP contribution in [-0.2, 0) is 10.0 Å². The summed E-state index contributed by atoms with van der Waals surface area (Å²) in [6, 6.07) is 6.82. The van der Waals surface area contributed by atoms with Crippen molar-refractivity contribution in [2.24, 2.45) is 5.92 Å². The van der Waals surface area contributed by atoms with Crippen LogP contribution < -0.4 is 0 Å². The summed E-state index contributed by atoms with van der Waals surface area (Å²) in [5.41, 5.74) is 1.63. The number of carbonyl (C=O) groups is 1. The molecule has 0 bridgehead atoms. The van der Waals surface area contributed by atoms with Crippen LogP contribution in [0.5, 0.6) is 0 Å². The van der Waals surface area contributed by atoms with E-state index in [4.69, 9.17) is 11.6 Å². The molecular formula is C17H20ClN3O3S. The fourth-order valence-corrected chi connectivity index (χ4v) is 5.19. The molecular weight excluding hydrogens is 362 g/mol. The summed E-state index contributed by atoms with van der Waals surface area (Å²) in [5, 5.41) is 7.27. The van der Waals surface area contributed by atoms with Crippen LogP contribution in [0, 0.1) is 19.8 Å². The third-order valence-electron chi connectivity index (χ3n) is 4.61. The molecule has 0 aliphatic carbocycles. The Balaban J connectivity index is 1.71. The SMILES string of the molecule is Cc1n[nH]c(C)c1S(=O)(=O)N1CCC(C(=O)c2ccc(Cl)cc2)CC1. The Morgan fingerprint density at radius 1 is 1.20 bits per heavy atom. The van der Waals surface area contributed by atoms with Crippen molar-refractivity contribution in [3.63, 3.8) is 0 Å². The Morgan fingerprint density at radius 3 is 2.32 bits per heavy atom. The van der Waals surface area contributed by atoms with E-state index in [1.54, 1.807) is 38.1 Å². The van der Waals surface area contributed by atoms with Gasteiger partial charge in [-0.05, 0) is 51.0 Å². The maximum Gasteiger partial charge on any atom is 0.246 e. The highest BCUT2D eigenvalue weighted by molar-refractivity contribution is 7.89. The molecule has 134 valence electrons. The first-order valence-electron chi connectivity index (χ1n) is 8.12. The van der Waals surface area contributed by atoms with Gasteiger partial charge < -0.3 is 0 Å². The Hall–Kier alpha value is -1.70. The fraction of sp³-hybridized carbons (Fsp3) is 0.412. The molecule has 1 saturated heterocycles. The first kappa shape index (κ1) is 18.1. The molecule has 1 aliphatic rings. The lowest BCUT2D eigenvalue weighted by atomic mass is 9.90. The number of nitrogens with one attached hydrogen (secondary N) is 1. The molecule has 0 saturated carbocycles. The molecule has 0 atom stereocenters. The molecule has 2 aromatic rings. The molecule has 6 nitrogen and oxygen atoms in total. The van der Waals surface area contributed by atoms with E-state index in [1.807, 2.05) is 0 Å². The second-order valence-corrected chi connectivity index (χ2v) is 8.62. The second-order valence-electron chi connectivity index (χ2n) is 6.31. The zero-order valence-electron chi connectivity index (χ0n) is 14.1. The van der Waals surface area contributed by atoms with Gasteiger partial charge in [0.1, 0.15) is 4.90 Å². The van der Waals surface area contributed by atoms with Gasteiger partial charge in [-0.2, -0.15) is 9.40 Å². The highest BCUT2D eigenvalue weighted by atomic mass is 35.5. The van der Waals surface area contributed by atoms with Crippen molar-refractivity contribution in [2.75, 3.05) is 13.1 Å². The van der Waals surface area contributed by atoms with Crippen LogP contribution in [0.2, 0.25) is 5.02 Å². The Kier molecular flexibility index (Phi) is 4.99. The predicted molar refractivity (Wildman–Crippen MR) is 95.3 cm³/mol. The summed E-state index contributed by atoms with van der Waals surface area (Å²) >= 11 is 5.85. The minimum Gasteiger partial charge on any atom is -0.294 e. The van der Waals surface area contributed by atoms with Crippen LogP contribution in [0.4, 0.5) is 0 Å². The quantitative estimate of drug-likeness (QED) is 0.825. The van der Waals surface area contributed by atoms with Crippen molar-refractivity contribution in [3.8, 4) is 0 Å². The summed E-state index contributed by atoms with van der Waals surface area (Å²) in [5.74, 6) is -0.122. The largest absolute Gasteiger partial charge is 0.294 e. The van der Waals surface area contributed by atoms with Gasteiger partial charge in [-0.15, -0.1) is 0 Å². The van der Waals surface area contributed by atoms with Crippen molar-refractivity contribution in [2.45, 2.75) is 31.6 Å². The van der Waals surface area contributed by atoms with Gasteiger partial charge >= 0.3 is 0 Å². The summed E-state index contributed by atoms with van der Waals surface area (Å²) in [6.45, 7) is 4.03.